The average molecular weight is 311 g/mol. The van der Waals surface area contributed by atoms with Gasteiger partial charge in [-0.25, -0.2) is 4.39 Å². The lowest BCUT2D eigenvalue weighted by atomic mass is 10.1. The Morgan fingerprint density at radius 1 is 1.33 bits per heavy atom. The van der Waals surface area contributed by atoms with Crippen LogP contribution in [0.15, 0.2) is 16.6 Å². The van der Waals surface area contributed by atoms with Gasteiger partial charge in [-0.1, -0.05) is 6.92 Å². The predicted octanol–water partition coefficient (Wildman–Crippen LogP) is 4.44. The molecule has 0 aliphatic heterocycles. The zero-order valence-corrected chi connectivity index (χ0v) is 12.4. The van der Waals surface area contributed by atoms with E-state index in [1.807, 2.05) is 19.9 Å². The number of aryl methyl sites for hydroxylation is 2. The number of nitrogens with zero attached hydrogens (tertiary/aromatic N) is 1. The summed E-state index contributed by atoms with van der Waals surface area (Å²) in [6.07, 6.45) is 0.864. The van der Waals surface area contributed by atoms with E-state index in [1.165, 1.54) is 6.07 Å². The van der Waals surface area contributed by atoms with Crippen molar-refractivity contribution in [3.05, 3.63) is 33.7 Å². The molecule has 2 aromatic rings. The van der Waals surface area contributed by atoms with Crippen molar-refractivity contribution >= 4 is 32.5 Å². The van der Waals surface area contributed by atoms with Crippen LogP contribution in [0.1, 0.15) is 25.1 Å². The van der Waals surface area contributed by atoms with Crippen molar-refractivity contribution in [2.75, 3.05) is 11.9 Å². The van der Waals surface area contributed by atoms with Crippen LogP contribution in [-0.2, 0) is 6.42 Å². The van der Waals surface area contributed by atoms with Crippen LogP contribution in [0.2, 0.25) is 0 Å². The number of pyridine rings is 1. The first-order valence-corrected chi connectivity index (χ1v) is 6.89. The van der Waals surface area contributed by atoms with Crippen molar-refractivity contribution in [3.63, 3.8) is 0 Å². The van der Waals surface area contributed by atoms with Crippen molar-refractivity contribution in [3.8, 4) is 0 Å². The van der Waals surface area contributed by atoms with Crippen LogP contribution in [0, 0.1) is 12.7 Å². The summed E-state index contributed by atoms with van der Waals surface area (Å²) in [5.41, 5.74) is 3.67. The number of aromatic nitrogens is 1. The fourth-order valence-corrected chi connectivity index (χ4v) is 2.57. The van der Waals surface area contributed by atoms with E-state index >= 15 is 0 Å². The third-order valence-electron chi connectivity index (χ3n) is 2.95. The van der Waals surface area contributed by atoms with Crippen LogP contribution in [0.3, 0.4) is 0 Å². The van der Waals surface area contributed by atoms with Gasteiger partial charge < -0.3 is 5.32 Å². The van der Waals surface area contributed by atoms with Gasteiger partial charge in [-0.15, -0.1) is 0 Å². The normalized spacial score (nSPS) is 10.9. The second-order valence-corrected chi connectivity index (χ2v) is 5.05. The highest BCUT2D eigenvalue weighted by atomic mass is 79.9. The van der Waals surface area contributed by atoms with Gasteiger partial charge >= 0.3 is 0 Å². The van der Waals surface area contributed by atoms with Crippen LogP contribution >= 0.6 is 15.9 Å². The van der Waals surface area contributed by atoms with Crippen LogP contribution < -0.4 is 5.32 Å². The molecule has 1 aromatic carbocycles. The zero-order valence-electron chi connectivity index (χ0n) is 10.8. The molecule has 0 fully saturated rings. The number of hydrogen-bond donors (Lipinski definition) is 1. The van der Waals surface area contributed by atoms with E-state index in [-0.39, 0.29) is 5.82 Å². The molecule has 0 aliphatic rings. The number of benzene rings is 1. The van der Waals surface area contributed by atoms with E-state index < -0.39 is 0 Å². The summed E-state index contributed by atoms with van der Waals surface area (Å²) in [6, 6.07) is 3.52. The monoisotopic (exact) mass is 310 g/mol. The van der Waals surface area contributed by atoms with Gasteiger partial charge in [-0.05, 0) is 53.9 Å². The predicted molar refractivity (Wildman–Crippen MR) is 77.7 cm³/mol. The second-order valence-electron chi connectivity index (χ2n) is 4.26. The Bertz CT molecular complexity index is 596. The number of nitrogens with one attached hydrogen (secondary N) is 1. The molecule has 1 aromatic heterocycles. The van der Waals surface area contributed by atoms with E-state index in [0.717, 1.165) is 40.8 Å². The lowest BCUT2D eigenvalue weighted by Crippen LogP contribution is -2.02. The minimum absolute atomic E-state index is 0.245. The van der Waals surface area contributed by atoms with Crippen molar-refractivity contribution < 1.29 is 4.39 Å². The molecule has 2 rings (SSSR count). The molecule has 0 spiro atoms. The minimum Gasteiger partial charge on any atom is -0.385 e. The molecule has 0 aliphatic carbocycles. The summed E-state index contributed by atoms with van der Waals surface area (Å²) >= 11 is 3.33. The highest BCUT2D eigenvalue weighted by Crippen LogP contribution is 2.34. The second kappa shape index (κ2) is 5.22. The SMILES string of the molecule is CCNc1cc(CC)nc2c(C)cc(F)c(Br)c12. The molecule has 18 heavy (non-hydrogen) atoms. The van der Waals surface area contributed by atoms with Crippen molar-refractivity contribution in [1.82, 2.24) is 4.98 Å². The van der Waals surface area contributed by atoms with Crippen LogP contribution in [0.5, 0.6) is 0 Å². The molecule has 1 N–H and O–H groups in total. The largest absolute Gasteiger partial charge is 0.385 e. The highest BCUT2D eigenvalue weighted by molar-refractivity contribution is 9.10. The smallest absolute Gasteiger partial charge is 0.138 e. The maximum atomic E-state index is 13.8. The Morgan fingerprint density at radius 2 is 2.06 bits per heavy atom. The van der Waals surface area contributed by atoms with E-state index in [4.69, 9.17) is 0 Å². The van der Waals surface area contributed by atoms with E-state index in [0.29, 0.717) is 4.47 Å². The number of rotatable bonds is 3. The summed E-state index contributed by atoms with van der Waals surface area (Å²) in [7, 11) is 0. The van der Waals surface area contributed by atoms with Crippen molar-refractivity contribution in [2.24, 2.45) is 0 Å². The molecule has 0 saturated carbocycles. The van der Waals surface area contributed by atoms with Crippen molar-refractivity contribution in [2.45, 2.75) is 27.2 Å². The summed E-state index contributed by atoms with van der Waals surface area (Å²) in [6.45, 7) is 6.78. The third kappa shape index (κ3) is 2.21. The van der Waals surface area contributed by atoms with Gasteiger partial charge in [0.05, 0.1) is 9.99 Å². The number of hydrogen-bond acceptors (Lipinski definition) is 2. The Labute approximate surface area is 115 Å². The first-order valence-electron chi connectivity index (χ1n) is 6.10. The van der Waals surface area contributed by atoms with Crippen LogP contribution in [-0.4, -0.2) is 11.5 Å². The lowest BCUT2D eigenvalue weighted by Gasteiger charge is -2.13. The number of halogens is 2. The maximum Gasteiger partial charge on any atom is 0.138 e. The average Bonchev–Trinajstić information content (AvgIpc) is 2.35. The van der Waals surface area contributed by atoms with Crippen LogP contribution in [0.25, 0.3) is 10.9 Å². The fraction of sp³-hybridized carbons (Fsp3) is 0.357. The Hall–Kier alpha value is -1.16. The summed E-state index contributed by atoms with van der Waals surface area (Å²) in [5.74, 6) is -0.245. The zero-order chi connectivity index (χ0) is 13.3. The van der Waals surface area contributed by atoms with Crippen molar-refractivity contribution in [1.29, 1.82) is 0 Å². The molecule has 0 radical (unpaired) electrons. The number of anilines is 1. The van der Waals surface area contributed by atoms with Gasteiger partial charge in [-0.3, -0.25) is 4.98 Å². The molecule has 0 unspecified atom stereocenters. The molecular weight excluding hydrogens is 295 g/mol. The lowest BCUT2D eigenvalue weighted by molar-refractivity contribution is 0.622. The maximum absolute atomic E-state index is 13.8. The topological polar surface area (TPSA) is 24.9 Å². The van der Waals surface area contributed by atoms with Gasteiger partial charge in [0.25, 0.3) is 0 Å². The standard InChI is InChI=1S/C14H16BrFN2/c1-4-9-7-11(17-5-2)12-13(15)10(16)6-8(3)14(12)18-9/h6-7H,4-5H2,1-3H3,(H,17,18). The van der Waals surface area contributed by atoms with E-state index in [1.54, 1.807) is 0 Å². The van der Waals surface area contributed by atoms with Gasteiger partial charge in [0.2, 0.25) is 0 Å². The van der Waals surface area contributed by atoms with Gasteiger partial charge in [0, 0.05) is 23.3 Å². The fourth-order valence-electron chi connectivity index (χ4n) is 2.06. The first-order chi connectivity index (χ1) is 8.58. The Kier molecular flexibility index (Phi) is 3.85. The molecule has 0 saturated heterocycles. The summed E-state index contributed by atoms with van der Waals surface area (Å²) < 4.78 is 14.3. The Balaban J connectivity index is 2.86. The van der Waals surface area contributed by atoms with Crippen LogP contribution in [0.4, 0.5) is 10.1 Å². The molecule has 96 valence electrons. The van der Waals surface area contributed by atoms with E-state index in [9.17, 15) is 4.39 Å². The molecule has 4 heteroatoms. The molecular formula is C14H16BrFN2. The quantitative estimate of drug-likeness (QED) is 0.906. The van der Waals surface area contributed by atoms with Gasteiger partial charge in [0.15, 0.2) is 0 Å². The summed E-state index contributed by atoms with van der Waals surface area (Å²) in [4.78, 5) is 4.60. The Morgan fingerprint density at radius 3 is 2.67 bits per heavy atom. The highest BCUT2D eigenvalue weighted by Gasteiger charge is 2.14. The van der Waals surface area contributed by atoms with Gasteiger partial charge in [0.1, 0.15) is 5.82 Å². The number of fused-ring (bicyclic) bond motifs is 1. The first kappa shape index (κ1) is 13.3. The minimum atomic E-state index is -0.245. The van der Waals surface area contributed by atoms with Gasteiger partial charge in [-0.2, -0.15) is 0 Å². The summed E-state index contributed by atoms with van der Waals surface area (Å²) in [5, 5.41) is 4.11. The molecule has 0 bridgehead atoms. The molecule has 0 amide bonds. The third-order valence-corrected chi connectivity index (χ3v) is 3.72. The molecule has 2 nitrogen and oxygen atoms in total. The molecule has 0 atom stereocenters. The van der Waals surface area contributed by atoms with E-state index in [2.05, 4.69) is 33.2 Å². The molecule has 1 heterocycles.